The van der Waals surface area contributed by atoms with E-state index in [1.165, 1.54) is 0 Å². The summed E-state index contributed by atoms with van der Waals surface area (Å²) in [5, 5.41) is 2.88. The third-order valence-electron chi connectivity index (χ3n) is 3.47. The van der Waals surface area contributed by atoms with Crippen LogP contribution in [0.15, 0.2) is 24.3 Å². The number of unbranched alkanes of at least 4 members (excludes halogenated alkanes) is 1. The molecule has 22 heavy (non-hydrogen) atoms. The van der Waals surface area contributed by atoms with Crippen LogP contribution in [0.3, 0.4) is 0 Å². The van der Waals surface area contributed by atoms with Crippen molar-refractivity contribution in [3.63, 3.8) is 0 Å². The Morgan fingerprint density at radius 2 is 2.27 bits per heavy atom. The first kappa shape index (κ1) is 18.7. The van der Waals surface area contributed by atoms with E-state index in [-0.39, 0.29) is 24.4 Å². The van der Waals surface area contributed by atoms with Gasteiger partial charge >= 0.3 is 0 Å². The Kier molecular flexibility index (Phi) is 8.89. The molecule has 1 atom stereocenters. The van der Waals surface area contributed by atoms with Crippen LogP contribution in [0, 0.1) is 0 Å². The molecule has 1 aliphatic rings. The SMILES string of the molecule is Cl.NCCCCNC(=O)c1cccc(OCC2CCCO2)c1. The lowest BCUT2D eigenvalue weighted by Crippen LogP contribution is -2.25. The molecule has 3 N–H and O–H groups in total. The highest BCUT2D eigenvalue weighted by Crippen LogP contribution is 2.17. The number of ether oxygens (including phenoxy) is 2. The summed E-state index contributed by atoms with van der Waals surface area (Å²) in [7, 11) is 0. The van der Waals surface area contributed by atoms with E-state index in [0.717, 1.165) is 32.3 Å². The second-order valence-corrected chi connectivity index (χ2v) is 5.23. The maximum absolute atomic E-state index is 12.0. The van der Waals surface area contributed by atoms with Crippen molar-refractivity contribution in [2.45, 2.75) is 31.8 Å². The van der Waals surface area contributed by atoms with Gasteiger partial charge in [0.05, 0.1) is 6.10 Å². The number of amides is 1. The monoisotopic (exact) mass is 328 g/mol. The average molecular weight is 329 g/mol. The van der Waals surface area contributed by atoms with E-state index in [1.54, 1.807) is 12.1 Å². The van der Waals surface area contributed by atoms with Gasteiger partial charge in [-0.15, -0.1) is 12.4 Å². The molecule has 0 spiro atoms. The molecule has 1 aliphatic heterocycles. The van der Waals surface area contributed by atoms with Crippen LogP contribution in [0.5, 0.6) is 5.75 Å². The molecule has 0 aliphatic carbocycles. The number of benzene rings is 1. The highest BCUT2D eigenvalue weighted by molar-refractivity contribution is 5.94. The predicted molar refractivity (Wildman–Crippen MR) is 88.8 cm³/mol. The van der Waals surface area contributed by atoms with E-state index >= 15 is 0 Å². The summed E-state index contributed by atoms with van der Waals surface area (Å²) >= 11 is 0. The van der Waals surface area contributed by atoms with Crippen molar-refractivity contribution in [2.24, 2.45) is 5.73 Å². The molecule has 0 radical (unpaired) electrons. The fourth-order valence-electron chi connectivity index (χ4n) is 2.27. The van der Waals surface area contributed by atoms with Gasteiger partial charge in [-0.2, -0.15) is 0 Å². The van der Waals surface area contributed by atoms with Gasteiger partial charge in [0.25, 0.3) is 5.91 Å². The Balaban J connectivity index is 0.00000242. The Morgan fingerprint density at radius 1 is 1.41 bits per heavy atom. The first-order chi connectivity index (χ1) is 10.3. The number of nitrogens with two attached hydrogens (primary N) is 1. The molecule has 1 fully saturated rings. The van der Waals surface area contributed by atoms with E-state index in [2.05, 4.69) is 5.32 Å². The van der Waals surface area contributed by atoms with Gasteiger partial charge in [-0.05, 0) is 50.4 Å². The molecule has 1 aromatic carbocycles. The fraction of sp³-hybridized carbons (Fsp3) is 0.562. The number of halogens is 1. The van der Waals surface area contributed by atoms with Gasteiger partial charge in [-0.25, -0.2) is 0 Å². The van der Waals surface area contributed by atoms with E-state index < -0.39 is 0 Å². The molecule has 0 aromatic heterocycles. The third kappa shape index (κ3) is 6.22. The van der Waals surface area contributed by atoms with E-state index in [0.29, 0.717) is 31.0 Å². The summed E-state index contributed by atoms with van der Waals surface area (Å²) < 4.78 is 11.2. The maximum Gasteiger partial charge on any atom is 0.251 e. The average Bonchev–Trinajstić information content (AvgIpc) is 3.03. The second-order valence-electron chi connectivity index (χ2n) is 5.23. The van der Waals surface area contributed by atoms with Crippen LogP contribution < -0.4 is 15.8 Å². The van der Waals surface area contributed by atoms with Gasteiger partial charge in [-0.3, -0.25) is 4.79 Å². The minimum absolute atomic E-state index is 0. The maximum atomic E-state index is 12.0. The highest BCUT2D eigenvalue weighted by atomic mass is 35.5. The Hall–Kier alpha value is -1.30. The number of hydrogen-bond donors (Lipinski definition) is 2. The zero-order valence-corrected chi connectivity index (χ0v) is 13.6. The molecule has 1 heterocycles. The van der Waals surface area contributed by atoms with Crippen LogP contribution in [0.25, 0.3) is 0 Å². The van der Waals surface area contributed by atoms with Crippen molar-refractivity contribution in [2.75, 3.05) is 26.3 Å². The molecule has 2 rings (SSSR count). The fourth-order valence-corrected chi connectivity index (χ4v) is 2.27. The van der Waals surface area contributed by atoms with Crippen molar-refractivity contribution in [3.8, 4) is 5.75 Å². The van der Waals surface area contributed by atoms with Gasteiger partial charge in [0.1, 0.15) is 12.4 Å². The van der Waals surface area contributed by atoms with E-state index in [4.69, 9.17) is 15.2 Å². The summed E-state index contributed by atoms with van der Waals surface area (Å²) in [6, 6.07) is 7.25. The third-order valence-corrected chi connectivity index (χ3v) is 3.47. The van der Waals surface area contributed by atoms with Crippen molar-refractivity contribution < 1.29 is 14.3 Å². The van der Waals surface area contributed by atoms with E-state index in [9.17, 15) is 4.79 Å². The number of rotatable bonds is 8. The topological polar surface area (TPSA) is 73.6 Å². The molecule has 0 bridgehead atoms. The summed E-state index contributed by atoms with van der Waals surface area (Å²) in [6.07, 6.45) is 4.14. The predicted octanol–water partition coefficient (Wildman–Crippen LogP) is 2.13. The van der Waals surface area contributed by atoms with Gasteiger partial charge in [0.15, 0.2) is 0 Å². The van der Waals surface area contributed by atoms with Crippen LogP contribution in [0.1, 0.15) is 36.0 Å². The van der Waals surface area contributed by atoms with Gasteiger partial charge in [0.2, 0.25) is 0 Å². The lowest BCUT2D eigenvalue weighted by molar-refractivity contribution is 0.0679. The molecule has 1 unspecified atom stereocenters. The Morgan fingerprint density at radius 3 is 3.00 bits per heavy atom. The largest absolute Gasteiger partial charge is 0.491 e. The molecule has 1 aromatic rings. The molecule has 5 nitrogen and oxygen atoms in total. The quantitative estimate of drug-likeness (QED) is 0.717. The van der Waals surface area contributed by atoms with Crippen molar-refractivity contribution in [3.05, 3.63) is 29.8 Å². The molecule has 1 amide bonds. The highest BCUT2D eigenvalue weighted by Gasteiger charge is 2.16. The van der Waals surface area contributed by atoms with Crippen molar-refractivity contribution in [1.82, 2.24) is 5.32 Å². The minimum Gasteiger partial charge on any atom is -0.491 e. The smallest absolute Gasteiger partial charge is 0.251 e. The summed E-state index contributed by atoms with van der Waals surface area (Å²) in [5.41, 5.74) is 6.04. The van der Waals surface area contributed by atoms with Crippen LogP contribution in [-0.4, -0.2) is 38.3 Å². The normalized spacial score (nSPS) is 16.9. The summed E-state index contributed by atoms with van der Waals surface area (Å²) in [4.78, 5) is 12.0. The first-order valence-corrected chi connectivity index (χ1v) is 7.62. The number of hydrogen-bond acceptors (Lipinski definition) is 4. The van der Waals surface area contributed by atoms with Gasteiger partial charge in [0, 0.05) is 18.7 Å². The Bertz CT molecular complexity index is 451. The van der Waals surface area contributed by atoms with Crippen molar-refractivity contribution in [1.29, 1.82) is 0 Å². The van der Waals surface area contributed by atoms with Crippen LogP contribution in [0.4, 0.5) is 0 Å². The van der Waals surface area contributed by atoms with Crippen LogP contribution >= 0.6 is 12.4 Å². The molecular weight excluding hydrogens is 304 g/mol. The lowest BCUT2D eigenvalue weighted by Gasteiger charge is -2.12. The van der Waals surface area contributed by atoms with Crippen LogP contribution in [0.2, 0.25) is 0 Å². The number of carbonyl (C=O) groups is 1. The van der Waals surface area contributed by atoms with Gasteiger partial charge in [-0.1, -0.05) is 6.07 Å². The minimum atomic E-state index is -0.0745. The number of carbonyl (C=O) groups excluding carboxylic acids is 1. The van der Waals surface area contributed by atoms with Crippen LogP contribution in [-0.2, 0) is 4.74 Å². The standard InChI is InChI=1S/C16H24N2O3.ClH/c17-8-1-2-9-18-16(19)13-5-3-6-14(11-13)21-12-15-7-4-10-20-15;/h3,5-6,11,15H,1-2,4,7-10,12,17H2,(H,18,19);1H. The second kappa shape index (κ2) is 10.4. The van der Waals surface area contributed by atoms with E-state index in [1.807, 2.05) is 12.1 Å². The summed E-state index contributed by atoms with van der Waals surface area (Å²) in [6.45, 7) is 2.67. The summed E-state index contributed by atoms with van der Waals surface area (Å²) in [5.74, 6) is 0.634. The number of nitrogens with one attached hydrogen (secondary N) is 1. The Labute approximate surface area is 138 Å². The van der Waals surface area contributed by atoms with Gasteiger partial charge < -0.3 is 20.5 Å². The zero-order chi connectivity index (χ0) is 14.9. The zero-order valence-electron chi connectivity index (χ0n) is 12.8. The molecule has 124 valence electrons. The lowest BCUT2D eigenvalue weighted by atomic mass is 10.2. The first-order valence-electron chi connectivity index (χ1n) is 7.62. The molecule has 0 saturated carbocycles. The van der Waals surface area contributed by atoms with Crippen molar-refractivity contribution >= 4 is 18.3 Å². The molecule has 6 heteroatoms. The molecular formula is C16H25ClN2O3. The molecule has 1 saturated heterocycles.